The van der Waals surface area contributed by atoms with E-state index in [2.05, 4.69) is 16.0 Å². The first-order valence-corrected chi connectivity index (χ1v) is 10.9. The molecule has 0 bridgehead atoms. The number of ether oxygens (including phenoxy) is 2. The van der Waals surface area contributed by atoms with Gasteiger partial charge in [-0.1, -0.05) is 24.3 Å². The quantitative estimate of drug-likeness (QED) is 0.505. The largest absolute Gasteiger partial charge is 0.497 e. The van der Waals surface area contributed by atoms with Gasteiger partial charge < -0.3 is 25.4 Å². The molecule has 178 valence electrons. The summed E-state index contributed by atoms with van der Waals surface area (Å²) in [7, 11) is 1.62. The van der Waals surface area contributed by atoms with E-state index in [4.69, 9.17) is 9.47 Å². The van der Waals surface area contributed by atoms with Crippen molar-refractivity contribution in [3.05, 3.63) is 59.7 Å². The zero-order valence-corrected chi connectivity index (χ0v) is 19.7. The fourth-order valence-corrected chi connectivity index (χ4v) is 2.90. The number of carbonyl (C=O) groups excluding carboxylic acids is 3. The smallest absolute Gasteiger partial charge is 0.407 e. The first-order valence-electron chi connectivity index (χ1n) is 10.9. The summed E-state index contributed by atoms with van der Waals surface area (Å²) in [6.07, 6.45) is 0.593. The second-order valence-electron chi connectivity index (χ2n) is 8.55. The first-order chi connectivity index (χ1) is 15.6. The van der Waals surface area contributed by atoms with E-state index >= 15 is 0 Å². The van der Waals surface area contributed by atoms with Gasteiger partial charge in [0, 0.05) is 31.6 Å². The average Bonchev–Trinajstić information content (AvgIpc) is 2.76. The van der Waals surface area contributed by atoms with E-state index in [9.17, 15) is 14.4 Å². The Balaban J connectivity index is 1.68. The lowest BCUT2D eigenvalue weighted by Crippen LogP contribution is -2.35. The van der Waals surface area contributed by atoms with Gasteiger partial charge in [-0.2, -0.15) is 0 Å². The predicted molar refractivity (Wildman–Crippen MR) is 127 cm³/mol. The molecule has 0 saturated heterocycles. The Morgan fingerprint density at radius 1 is 0.879 bits per heavy atom. The molecule has 0 saturated carbocycles. The first kappa shape index (κ1) is 25.7. The fraction of sp³-hybridized carbons (Fsp3) is 0.400. The molecule has 0 aliphatic carbocycles. The van der Waals surface area contributed by atoms with E-state index in [1.54, 1.807) is 40.0 Å². The number of hydrogen-bond donors (Lipinski definition) is 3. The van der Waals surface area contributed by atoms with Crippen molar-refractivity contribution in [2.24, 2.45) is 0 Å². The van der Waals surface area contributed by atoms with E-state index in [0.29, 0.717) is 25.1 Å². The molecule has 0 spiro atoms. The van der Waals surface area contributed by atoms with E-state index in [0.717, 1.165) is 16.9 Å². The van der Waals surface area contributed by atoms with Gasteiger partial charge in [0.05, 0.1) is 7.11 Å². The number of methoxy groups -OCH3 is 1. The van der Waals surface area contributed by atoms with Crippen molar-refractivity contribution in [2.75, 3.05) is 19.0 Å². The molecule has 2 aromatic carbocycles. The van der Waals surface area contributed by atoms with Crippen molar-refractivity contribution in [1.29, 1.82) is 0 Å². The number of aryl methyl sites for hydroxylation is 1. The zero-order chi connectivity index (χ0) is 24.3. The number of rotatable bonds is 10. The van der Waals surface area contributed by atoms with Crippen molar-refractivity contribution in [3.63, 3.8) is 0 Å². The fourth-order valence-electron chi connectivity index (χ4n) is 2.90. The minimum absolute atomic E-state index is 0.0728. The second kappa shape index (κ2) is 12.5. The molecule has 0 unspecified atom stereocenters. The monoisotopic (exact) mass is 455 g/mol. The molecular formula is C25H33N3O5. The molecule has 33 heavy (non-hydrogen) atoms. The topological polar surface area (TPSA) is 106 Å². The van der Waals surface area contributed by atoms with Crippen LogP contribution in [0.3, 0.4) is 0 Å². The van der Waals surface area contributed by atoms with Crippen LogP contribution in [0.2, 0.25) is 0 Å². The van der Waals surface area contributed by atoms with Gasteiger partial charge in [-0.25, -0.2) is 4.79 Å². The van der Waals surface area contributed by atoms with Crippen LogP contribution in [0.5, 0.6) is 5.75 Å². The molecule has 0 aromatic heterocycles. The van der Waals surface area contributed by atoms with Crippen molar-refractivity contribution in [3.8, 4) is 5.75 Å². The van der Waals surface area contributed by atoms with Gasteiger partial charge in [0.25, 0.3) is 0 Å². The summed E-state index contributed by atoms with van der Waals surface area (Å²) < 4.78 is 10.3. The normalized spacial score (nSPS) is 10.8. The number of alkyl carbamates (subject to hydrolysis) is 1. The summed E-state index contributed by atoms with van der Waals surface area (Å²) >= 11 is 0. The Morgan fingerprint density at radius 2 is 1.61 bits per heavy atom. The Hall–Kier alpha value is -3.55. The lowest BCUT2D eigenvalue weighted by molar-refractivity contribution is -0.121. The third-order valence-electron chi connectivity index (χ3n) is 4.52. The third-order valence-corrected chi connectivity index (χ3v) is 4.52. The number of benzene rings is 2. The number of carbonyl (C=O) groups is 3. The number of anilines is 1. The average molecular weight is 456 g/mol. The summed E-state index contributed by atoms with van der Waals surface area (Å²) in [6.45, 7) is 5.88. The van der Waals surface area contributed by atoms with Crippen LogP contribution >= 0.6 is 0 Å². The van der Waals surface area contributed by atoms with Crippen molar-refractivity contribution in [1.82, 2.24) is 10.6 Å². The molecule has 0 aliphatic rings. The van der Waals surface area contributed by atoms with Crippen LogP contribution in [0.4, 0.5) is 10.5 Å². The highest BCUT2D eigenvalue weighted by molar-refractivity contribution is 5.90. The highest BCUT2D eigenvalue weighted by Crippen LogP contribution is 2.15. The van der Waals surface area contributed by atoms with Gasteiger partial charge in [-0.15, -0.1) is 0 Å². The molecule has 3 N–H and O–H groups in total. The summed E-state index contributed by atoms with van der Waals surface area (Å²) in [6, 6.07) is 14.9. The van der Waals surface area contributed by atoms with Gasteiger partial charge in [-0.3, -0.25) is 9.59 Å². The molecule has 8 nitrogen and oxygen atoms in total. The molecule has 0 atom stereocenters. The van der Waals surface area contributed by atoms with Gasteiger partial charge in [0.1, 0.15) is 11.4 Å². The summed E-state index contributed by atoms with van der Waals surface area (Å²) in [5.41, 5.74) is 2.06. The summed E-state index contributed by atoms with van der Waals surface area (Å²) in [5.74, 6) is 0.521. The SMILES string of the molecule is COc1cccc(CCC(=O)Nc2ccc(CNC(=O)CCNC(=O)OC(C)(C)C)cc2)c1. The molecule has 3 amide bonds. The van der Waals surface area contributed by atoms with E-state index in [1.165, 1.54) is 0 Å². The number of hydrogen-bond acceptors (Lipinski definition) is 5. The maximum absolute atomic E-state index is 12.2. The molecule has 0 radical (unpaired) electrons. The predicted octanol–water partition coefficient (Wildman–Crippen LogP) is 3.80. The van der Waals surface area contributed by atoms with Gasteiger partial charge in [0.2, 0.25) is 11.8 Å². The van der Waals surface area contributed by atoms with Crippen molar-refractivity contribution < 1.29 is 23.9 Å². The highest BCUT2D eigenvalue weighted by atomic mass is 16.6. The van der Waals surface area contributed by atoms with Gasteiger partial charge in [0.15, 0.2) is 0 Å². The van der Waals surface area contributed by atoms with Crippen LogP contribution in [0.1, 0.15) is 44.7 Å². The standard InChI is InChI=1S/C25H33N3O5/c1-25(2,3)33-24(31)26-15-14-22(29)27-17-19-8-11-20(12-9-19)28-23(30)13-10-18-6-5-7-21(16-18)32-4/h5-9,11-12,16H,10,13-15,17H2,1-4H3,(H,26,31)(H,27,29)(H,28,30). The van der Waals surface area contributed by atoms with E-state index in [-0.39, 0.29) is 24.8 Å². The van der Waals surface area contributed by atoms with Gasteiger partial charge in [-0.05, 0) is 62.6 Å². The van der Waals surface area contributed by atoms with Crippen LogP contribution in [-0.4, -0.2) is 37.2 Å². The number of amides is 3. The molecule has 0 heterocycles. The molecule has 0 aliphatic heterocycles. The second-order valence-corrected chi connectivity index (χ2v) is 8.55. The molecule has 2 rings (SSSR count). The summed E-state index contributed by atoms with van der Waals surface area (Å²) in [4.78, 5) is 35.8. The molecular weight excluding hydrogens is 422 g/mol. The minimum Gasteiger partial charge on any atom is -0.497 e. The maximum Gasteiger partial charge on any atom is 0.407 e. The molecule has 2 aromatic rings. The van der Waals surface area contributed by atoms with Crippen molar-refractivity contribution in [2.45, 2.75) is 52.2 Å². The van der Waals surface area contributed by atoms with E-state index < -0.39 is 11.7 Å². The Bertz CT molecular complexity index is 936. The summed E-state index contributed by atoms with van der Waals surface area (Å²) in [5, 5.41) is 8.23. The Kier molecular flexibility index (Phi) is 9.72. The lowest BCUT2D eigenvalue weighted by Gasteiger charge is -2.19. The minimum atomic E-state index is -0.575. The van der Waals surface area contributed by atoms with Crippen molar-refractivity contribution >= 4 is 23.6 Å². The molecule has 8 heteroatoms. The van der Waals surface area contributed by atoms with Crippen LogP contribution in [-0.2, 0) is 27.3 Å². The lowest BCUT2D eigenvalue weighted by atomic mass is 10.1. The molecule has 0 fully saturated rings. The van der Waals surface area contributed by atoms with Crippen LogP contribution < -0.4 is 20.7 Å². The van der Waals surface area contributed by atoms with E-state index in [1.807, 2.05) is 36.4 Å². The van der Waals surface area contributed by atoms with Crippen LogP contribution in [0, 0.1) is 0 Å². The van der Waals surface area contributed by atoms with Crippen LogP contribution in [0.15, 0.2) is 48.5 Å². The Morgan fingerprint density at radius 3 is 2.27 bits per heavy atom. The third kappa shape index (κ3) is 10.5. The Labute approximate surface area is 195 Å². The van der Waals surface area contributed by atoms with Crippen LogP contribution in [0.25, 0.3) is 0 Å². The number of nitrogens with one attached hydrogen (secondary N) is 3. The maximum atomic E-state index is 12.2. The zero-order valence-electron chi connectivity index (χ0n) is 19.7. The highest BCUT2D eigenvalue weighted by Gasteiger charge is 2.15. The van der Waals surface area contributed by atoms with Gasteiger partial charge >= 0.3 is 6.09 Å².